The Hall–Kier alpha value is -2.71. The second kappa shape index (κ2) is 7.13. The van der Waals surface area contributed by atoms with Gasteiger partial charge in [0, 0.05) is 0 Å². The Kier molecular flexibility index (Phi) is 4.67. The summed E-state index contributed by atoms with van der Waals surface area (Å²) in [5.41, 5.74) is 1.34. The van der Waals surface area contributed by atoms with Crippen molar-refractivity contribution >= 4 is 51.5 Å². The largest absolute Gasteiger partial charge is 0.467 e. The van der Waals surface area contributed by atoms with Crippen LogP contribution in [0, 0.1) is 5.92 Å². The van der Waals surface area contributed by atoms with Crippen molar-refractivity contribution in [3.8, 4) is 0 Å². The molecule has 0 spiro atoms. The molecule has 2 aliphatic heterocycles. The fourth-order valence-electron chi connectivity index (χ4n) is 2.89. The van der Waals surface area contributed by atoms with Gasteiger partial charge in [0.2, 0.25) is 0 Å². The molecule has 1 unspecified atom stereocenters. The molecule has 1 aromatic carbocycles. The number of hydrazone groups is 1. The van der Waals surface area contributed by atoms with Crippen LogP contribution in [0.1, 0.15) is 12.7 Å². The van der Waals surface area contributed by atoms with Crippen molar-refractivity contribution in [3.63, 3.8) is 0 Å². The van der Waals surface area contributed by atoms with Crippen molar-refractivity contribution in [3.05, 3.63) is 65.5 Å². The SMILES string of the molecule is CC1=NN(c2ccccc2)C(=O)C1/C=C1\SC(=S)N(Cc2ccco2)C1=O. The zero-order valence-electron chi connectivity index (χ0n) is 14.4. The summed E-state index contributed by atoms with van der Waals surface area (Å²) in [6.07, 6.45) is 3.21. The summed E-state index contributed by atoms with van der Waals surface area (Å²) < 4.78 is 5.74. The molecule has 4 rings (SSSR count). The number of thiocarbonyl (C=S) groups is 1. The molecular weight excluding hydrogens is 382 g/mol. The molecule has 0 saturated carbocycles. The van der Waals surface area contributed by atoms with Gasteiger partial charge in [-0.15, -0.1) is 0 Å². The Morgan fingerprint density at radius 2 is 2.00 bits per heavy atom. The molecule has 1 saturated heterocycles. The quantitative estimate of drug-likeness (QED) is 0.583. The molecule has 27 heavy (non-hydrogen) atoms. The third-order valence-corrected chi connectivity index (χ3v) is 5.67. The number of rotatable bonds is 4. The van der Waals surface area contributed by atoms with Crippen LogP contribution in [0.4, 0.5) is 5.69 Å². The molecule has 1 atom stereocenters. The zero-order chi connectivity index (χ0) is 19.0. The Morgan fingerprint density at radius 3 is 2.70 bits per heavy atom. The lowest BCUT2D eigenvalue weighted by molar-refractivity contribution is -0.122. The summed E-state index contributed by atoms with van der Waals surface area (Å²) in [4.78, 5) is 27.5. The number of hydrogen-bond acceptors (Lipinski definition) is 6. The highest BCUT2D eigenvalue weighted by Gasteiger charge is 2.38. The average molecular weight is 397 g/mol. The number of benzene rings is 1. The fraction of sp³-hybridized carbons (Fsp3) is 0.158. The van der Waals surface area contributed by atoms with E-state index in [1.807, 2.05) is 30.3 Å². The van der Waals surface area contributed by atoms with E-state index in [1.54, 1.807) is 31.4 Å². The van der Waals surface area contributed by atoms with Crippen molar-refractivity contribution in [2.75, 3.05) is 5.01 Å². The molecule has 136 valence electrons. The van der Waals surface area contributed by atoms with Gasteiger partial charge in [-0.05, 0) is 37.3 Å². The van der Waals surface area contributed by atoms with Crippen molar-refractivity contribution in [2.45, 2.75) is 13.5 Å². The number of hydrogen-bond donors (Lipinski definition) is 0. The first-order valence-corrected chi connectivity index (χ1v) is 9.49. The molecular formula is C19H15N3O3S2. The molecule has 0 radical (unpaired) electrons. The smallest absolute Gasteiger partial charge is 0.266 e. The lowest BCUT2D eigenvalue weighted by Crippen LogP contribution is -2.28. The Balaban J connectivity index is 1.55. The number of thioether (sulfide) groups is 1. The molecule has 0 aliphatic carbocycles. The molecule has 0 N–H and O–H groups in total. The van der Waals surface area contributed by atoms with Gasteiger partial charge in [-0.3, -0.25) is 14.5 Å². The van der Waals surface area contributed by atoms with Gasteiger partial charge in [0.05, 0.1) is 35.0 Å². The third-order valence-electron chi connectivity index (χ3n) is 4.27. The van der Waals surface area contributed by atoms with E-state index in [1.165, 1.54) is 21.7 Å². The van der Waals surface area contributed by atoms with Crippen molar-refractivity contribution in [1.82, 2.24) is 4.90 Å². The van der Waals surface area contributed by atoms with Gasteiger partial charge < -0.3 is 4.42 Å². The predicted octanol–water partition coefficient (Wildman–Crippen LogP) is 3.56. The lowest BCUT2D eigenvalue weighted by atomic mass is 10.0. The van der Waals surface area contributed by atoms with Gasteiger partial charge in [-0.1, -0.05) is 42.2 Å². The van der Waals surface area contributed by atoms with Gasteiger partial charge in [0.15, 0.2) is 0 Å². The van der Waals surface area contributed by atoms with Gasteiger partial charge in [0.25, 0.3) is 11.8 Å². The topological polar surface area (TPSA) is 66.1 Å². The van der Waals surface area contributed by atoms with E-state index >= 15 is 0 Å². The number of carbonyl (C=O) groups is 2. The summed E-state index contributed by atoms with van der Waals surface area (Å²) in [6, 6.07) is 12.8. The number of nitrogens with zero attached hydrogens (tertiary/aromatic N) is 3. The maximum Gasteiger partial charge on any atom is 0.266 e. The van der Waals surface area contributed by atoms with Crippen LogP contribution in [-0.4, -0.2) is 26.7 Å². The van der Waals surface area contributed by atoms with E-state index in [2.05, 4.69) is 5.10 Å². The highest BCUT2D eigenvalue weighted by molar-refractivity contribution is 8.26. The van der Waals surface area contributed by atoms with Crippen molar-refractivity contribution in [1.29, 1.82) is 0 Å². The monoisotopic (exact) mass is 397 g/mol. The van der Waals surface area contributed by atoms with E-state index in [4.69, 9.17) is 16.6 Å². The minimum atomic E-state index is -0.581. The van der Waals surface area contributed by atoms with Gasteiger partial charge >= 0.3 is 0 Å². The second-order valence-corrected chi connectivity index (χ2v) is 7.75. The fourth-order valence-corrected chi connectivity index (χ4v) is 4.15. The van der Waals surface area contributed by atoms with E-state index in [9.17, 15) is 9.59 Å². The molecule has 1 fully saturated rings. The Morgan fingerprint density at radius 1 is 1.22 bits per heavy atom. The zero-order valence-corrected chi connectivity index (χ0v) is 16.0. The van der Waals surface area contributed by atoms with Crippen LogP contribution in [0.15, 0.2) is 69.2 Å². The van der Waals surface area contributed by atoms with Crippen LogP contribution in [0.25, 0.3) is 0 Å². The minimum absolute atomic E-state index is 0.185. The summed E-state index contributed by atoms with van der Waals surface area (Å²) in [7, 11) is 0. The van der Waals surface area contributed by atoms with E-state index in [-0.39, 0.29) is 18.4 Å². The van der Waals surface area contributed by atoms with Crippen LogP contribution in [0.5, 0.6) is 0 Å². The number of amides is 2. The first-order valence-electron chi connectivity index (χ1n) is 8.26. The Bertz CT molecular complexity index is 967. The summed E-state index contributed by atoms with van der Waals surface area (Å²) in [6.45, 7) is 2.06. The van der Waals surface area contributed by atoms with Gasteiger partial charge in [-0.2, -0.15) is 10.1 Å². The summed E-state index contributed by atoms with van der Waals surface area (Å²) >= 11 is 6.52. The lowest BCUT2D eigenvalue weighted by Gasteiger charge is -2.13. The molecule has 0 bridgehead atoms. The predicted molar refractivity (Wildman–Crippen MR) is 108 cm³/mol. The molecule has 2 aliphatic rings. The molecule has 3 heterocycles. The maximum atomic E-state index is 12.8. The number of para-hydroxylation sites is 1. The first-order chi connectivity index (χ1) is 13.0. The third kappa shape index (κ3) is 3.33. The van der Waals surface area contributed by atoms with Crippen LogP contribution < -0.4 is 5.01 Å². The van der Waals surface area contributed by atoms with Gasteiger partial charge in [-0.25, -0.2) is 0 Å². The van der Waals surface area contributed by atoms with Crippen molar-refractivity contribution < 1.29 is 14.0 Å². The maximum absolute atomic E-state index is 12.8. The van der Waals surface area contributed by atoms with Crippen LogP contribution >= 0.6 is 24.0 Å². The minimum Gasteiger partial charge on any atom is -0.467 e. The molecule has 1 aromatic heterocycles. The van der Waals surface area contributed by atoms with Crippen LogP contribution in [0.3, 0.4) is 0 Å². The van der Waals surface area contributed by atoms with Gasteiger partial charge in [0.1, 0.15) is 10.1 Å². The number of carbonyl (C=O) groups excluding carboxylic acids is 2. The van der Waals surface area contributed by atoms with E-state index < -0.39 is 5.92 Å². The van der Waals surface area contributed by atoms with Crippen LogP contribution in [-0.2, 0) is 16.1 Å². The van der Waals surface area contributed by atoms with E-state index in [0.29, 0.717) is 26.4 Å². The molecule has 2 amide bonds. The highest BCUT2D eigenvalue weighted by Crippen LogP contribution is 2.35. The second-order valence-electron chi connectivity index (χ2n) is 6.07. The molecule has 2 aromatic rings. The first kappa shape index (κ1) is 17.7. The average Bonchev–Trinajstić information content (AvgIpc) is 3.35. The normalized spacial score (nSPS) is 21.5. The number of furan rings is 1. The molecule has 8 heteroatoms. The van der Waals surface area contributed by atoms with Crippen molar-refractivity contribution in [2.24, 2.45) is 11.0 Å². The number of anilines is 1. The summed E-state index contributed by atoms with van der Waals surface area (Å²) in [5, 5.41) is 5.74. The Labute approximate surface area is 165 Å². The van der Waals surface area contributed by atoms with Crippen LogP contribution in [0.2, 0.25) is 0 Å². The highest BCUT2D eigenvalue weighted by atomic mass is 32.2. The molecule has 6 nitrogen and oxygen atoms in total. The van der Waals surface area contributed by atoms with E-state index in [0.717, 1.165) is 0 Å². The standard InChI is InChI=1S/C19H15N3O3S2/c1-12-15(17(23)22(20-12)13-6-3-2-4-7-13)10-16-18(24)21(19(26)27-16)11-14-8-5-9-25-14/h2-10,15H,11H2,1H3/b16-10-. The summed E-state index contributed by atoms with van der Waals surface area (Å²) in [5.74, 6) is -0.337.